The number of halogens is 2. The molecule has 8 nitrogen and oxygen atoms in total. The maximum atomic E-state index is 12.7. The van der Waals surface area contributed by atoms with E-state index in [-0.39, 0.29) is 27.0 Å². The van der Waals surface area contributed by atoms with E-state index in [1.165, 1.54) is 25.3 Å². The van der Waals surface area contributed by atoms with Crippen molar-refractivity contribution in [2.45, 2.75) is 13.0 Å². The first kappa shape index (κ1) is 21.7. The number of rotatable bonds is 5. The van der Waals surface area contributed by atoms with Crippen molar-refractivity contribution in [1.82, 2.24) is 14.5 Å². The average molecular weight is 471 g/mol. The number of nitrogens with one attached hydrogen (secondary N) is 1. The highest BCUT2D eigenvalue weighted by atomic mass is 35.5. The number of anilines is 1. The predicted octanol–water partition coefficient (Wildman–Crippen LogP) is 3.58. The van der Waals surface area contributed by atoms with E-state index in [0.717, 1.165) is 4.90 Å². The summed E-state index contributed by atoms with van der Waals surface area (Å²) in [6, 6.07) is 7.79. The summed E-state index contributed by atoms with van der Waals surface area (Å²) in [5.41, 5.74) is 1.00. The van der Waals surface area contributed by atoms with Crippen LogP contribution in [0.1, 0.15) is 43.8 Å². The second-order valence-electron chi connectivity index (χ2n) is 7.23. The Balaban J connectivity index is 1.48. The Morgan fingerprint density at radius 1 is 1.00 bits per heavy atom. The van der Waals surface area contributed by atoms with E-state index in [1.54, 1.807) is 42.1 Å². The van der Waals surface area contributed by atoms with Crippen LogP contribution >= 0.6 is 23.2 Å². The van der Waals surface area contributed by atoms with Gasteiger partial charge in [0, 0.05) is 30.7 Å². The number of nitrogens with zero attached hydrogens (tertiary/aromatic N) is 3. The van der Waals surface area contributed by atoms with Gasteiger partial charge >= 0.3 is 0 Å². The molecule has 162 valence electrons. The minimum Gasteiger partial charge on any atom is -0.331 e. The molecule has 0 aliphatic carbocycles. The summed E-state index contributed by atoms with van der Waals surface area (Å²) >= 11 is 11.9. The Kier molecular flexibility index (Phi) is 5.58. The number of carbonyl (C=O) groups is 4. The summed E-state index contributed by atoms with van der Waals surface area (Å²) in [4.78, 5) is 55.5. The van der Waals surface area contributed by atoms with Gasteiger partial charge in [0.15, 0.2) is 5.82 Å². The number of aromatic nitrogens is 2. The zero-order chi connectivity index (χ0) is 23.2. The molecule has 1 aromatic heterocycles. The molecule has 3 aromatic rings. The SMILES string of the molecule is CC(C(=O)Nc1ccc(C(=O)c2nccn2C)cc1)N1C(=O)c2cc(Cl)c(Cl)cc2C1=O. The fraction of sp³-hybridized carbons (Fsp3) is 0.136. The van der Waals surface area contributed by atoms with E-state index in [1.807, 2.05) is 0 Å². The molecule has 1 unspecified atom stereocenters. The molecule has 4 rings (SSSR count). The van der Waals surface area contributed by atoms with Crippen LogP contribution in [-0.4, -0.2) is 44.0 Å². The van der Waals surface area contributed by atoms with Crippen LogP contribution < -0.4 is 5.32 Å². The number of hydrogen-bond donors (Lipinski definition) is 1. The minimum absolute atomic E-state index is 0.0983. The topological polar surface area (TPSA) is 101 Å². The summed E-state index contributed by atoms with van der Waals surface area (Å²) < 4.78 is 1.61. The molecule has 2 aromatic carbocycles. The van der Waals surface area contributed by atoms with Crippen LogP contribution in [0, 0.1) is 0 Å². The van der Waals surface area contributed by atoms with Crippen LogP contribution in [-0.2, 0) is 11.8 Å². The highest BCUT2D eigenvalue weighted by Crippen LogP contribution is 2.32. The third-order valence-electron chi connectivity index (χ3n) is 5.16. The molecular weight excluding hydrogens is 455 g/mol. The van der Waals surface area contributed by atoms with E-state index in [9.17, 15) is 19.2 Å². The lowest BCUT2D eigenvalue weighted by Crippen LogP contribution is -2.45. The molecule has 2 heterocycles. The second kappa shape index (κ2) is 8.22. The van der Waals surface area contributed by atoms with Gasteiger partial charge in [-0.1, -0.05) is 23.2 Å². The van der Waals surface area contributed by atoms with Crippen molar-refractivity contribution in [3.8, 4) is 0 Å². The Morgan fingerprint density at radius 2 is 1.56 bits per heavy atom. The van der Waals surface area contributed by atoms with Crippen molar-refractivity contribution in [3.63, 3.8) is 0 Å². The molecule has 1 aliphatic heterocycles. The molecule has 3 amide bonds. The maximum Gasteiger partial charge on any atom is 0.262 e. The number of benzene rings is 2. The summed E-state index contributed by atoms with van der Waals surface area (Å²) in [5.74, 6) is -1.78. The standard InChI is InChI=1S/C22H16Cl2N4O4/c1-11(28-21(31)14-9-16(23)17(24)10-15(14)22(28)32)20(30)26-13-5-3-12(4-6-13)18(29)19-25-7-8-27(19)2/h3-11H,1-2H3,(H,26,30). The molecule has 0 saturated heterocycles. The van der Waals surface area contributed by atoms with Crippen molar-refractivity contribution >= 4 is 52.4 Å². The highest BCUT2D eigenvalue weighted by Gasteiger charge is 2.41. The van der Waals surface area contributed by atoms with Crippen LogP contribution in [0.3, 0.4) is 0 Å². The number of imidazole rings is 1. The van der Waals surface area contributed by atoms with Gasteiger partial charge in [0.25, 0.3) is 11.8 Å². The fourth-order valence-electron chi connectivity index (χ4n) is 3.39. The van der Waals surface area contributed by atoms with Crippen molar-refractivity contribution in [3.05, 3.63) is 81.4 Å². The number of hydrogen-bond acceptors (Lipinski definition) is 5. The van der Waals surface area contributed by atoms with Gasteiger partial charge < -0.3 is 9.88 Å². The molecule has 0 bridgehead atoms. The van der Waals surface area contributed by atoms with Gasteiger partial charge in [-0.15, -0.1) is 0 Å². The van der Waals surface area contributed by atoms with Gasteiger partial charge in [-0.25, -0.2) is 4.98 Å². The lowest BCUT2D eigenvalue weighted by atomic mass is 10.1. The minimum atomic E-state index is -1.09. The van der Waals surface area contributed by atoms with Crippen molar-refractivity contribution in [2.75, 3.05) is 5.32 Å². The molecule has 0 fully saturated rings. The van der Waals surface area contributed by atoms with E-state index in [4.69, 9.17) is 23.2 Å². The van der Waals surface area contributed by atoms with Gasteiger partial charge in [0.1, 0.15) is 6.04 Å². The molecule has 10 heteroatoms. The number of amides is 3. The average Bonchev–Trinajstić information content (AvgIpc) is 3.29. The van der Waals surface area contributed by atoms with Crippen molar-refractivity contribution in [2.24, 2.45) is 7.05 Å². The smallest absolute Gasteiger partial charge is 0.262 e. The molecule has 1 aliphatic rings. The van der Waals surface area contributed by atoms with E-state index in [0.29, 0.717) is 17.1 Å². The normalized spacial score (nSPS) is 13.8. The third-order valence-corrected chi connectivity index (χ3v) is 5.89. The van der Waals surface area contributed by atoms with Crippen molar-refractivity contribution in [1.29, 1.82) is 0 Å². The van der Waals surface area contributed by atoms with Gasteiger partial charge in [0.2, 0.25) is 11.7 Å². The van der Waals surface area contributed by atoms with E-state index >= 15 is 0 Å². The van der Waals surface area contributed by atoms with Crippen LogP contribution in [0.2, 0.25) is 10.0 Å². The fourth-order valence-corrected chi connectivity index (χ4v) is 3.71. The van der Waals surface area contributed by atoms with Crippen LogP contribution in [0.4, 0.5) is 5.69 Å². The van der Waals surface area contributed by atoms with E-state index < -0.39 is 23.8 Å². The Morgan fingerprint density at radius 3 is 2.06 bits per heavy atom. The van der Waals surface area contributed by atoms with Gasteiger partial charge in [0.05, 0.1) is 21.2 Å². The third kappa shape index (κ3) is 3.68. The molecule has 1 N–H and O–H groups in total. The quantitative estimate of drug-likeness (QED) is 0.453. The Labute approximate surface area is 192 Å². The van der Waals surface area contributed by atoms with Crippen LogP contribution in [0.25, 0.3) is 0 Å². The van der Waals surface area contributed by atoms with Crippen LogP contribution in [0.15, 0.2) is 48.8 Å². The van der Waals surface area contributed by atoms with E-state index in [2.05, 4.69) is 10.3 Å². The number of ketones is 1. The summed E-state index contributed by atoms with van der Waals surface area (Å²) in [5, 5.41) is 2.94. The second-order valence-corrected chi connectivity index (χ2v) is 8.04. The molecule has 1 atom stereocenters. The summed E-state index contributed by atoms with van der Waals surface area (Å²) in [7, 11) is 1.72. The number of carbonyl (C=O) groups excluding carboxylic acids is 4. The lowest BCUT2D eigenvalue weighted by Gasteiger charge is -2.21. The number of imide groups is 1. The zero-order valence-electron chi connectivity index (χ0n) is 16.9. The first-order valence-electron chi connectivity index (χ1n) is 9.49. The number of fused-ring (bicyclic) bond motifs is 1. The summed E-state index contributed by atoms with van der Waals surface area (Å²) in [6.07, 6.45) is 3.20. The zero-order valence-corrected chi connectivity index (χ0v) is 18.4. The molecular formula is C22H16Cl2N4O4. The number of aryl methyl sites for hydroxylation is 1. The predicted molar refractivity (Wildman–Crippen MR) is 118 cm³/mol. The highest BCUT2D eigenvalue weighted by molar-refractivity contribution is 6.43. The largest absolute Gasteiger partial charge is 0.331 e. The molecule has 32 heavy (non-hydrogen) atoms. The summed E-state index contributed by atoms with van der Waals surface area (Å²) in [6.45, 7) is 1.44. The first-order valence-corrected chi connectivity index (χ1v) is 10.2. The monoisotopic (exact) mass is 470 g/mol. The van der Waals surface area contributed by atoms with Gasteiger partial charge in [-0.3, -0.25) is 24.1 Å². The van der Waals surface area contributed by atoms with Gasteiger partial charge in [-0.2, -0.15) is 0 Å². The molecule has 0 spiro atoms. The maximum absolute atomic E-state index is 12.7. The molecule has 0 saturated carbocycles. The Bertz CT molecular complexity index is 1240. The van der Waals surface area contributed by atoms with Gasteiger partial charge in [-0.05, 0) is 43.3 Å². The van der Waals surface area contributed by atoms with Crippen molar-refractivity contribution < 1.29 is 19.2 Å². The lowest BCUT2D eigenvalue weighted by molar-refractivity contribution is -0.119. The first-order chi connectivity index (χ1) is 15.2. The molecule has 0 radical (unpaired) electrons. The van der Waals surface area contributed by atoms with Crippen LogP contribution in [0.5, 0.6) is 0 Å². The Hall–Kier alpha value is -3.49.